The first kappa shape index (κ1) is 22.5. The van der Waals surface area contributed by atoms with Crippen LogP contribution in [0.4, 0.5) is 10.5 Å². The second-order valence-corrected chi connectivity index (χ2v) is 9.31. The van der Waals surface area contributed by atoms with Crippen LogP contribution in [0, 0.1) is 13.8 Å². The number of hydrogen-bond donors (Lipinski definition) is 1. The van der Waals surface area contributed by atoms with E-state index in [-0.39, 0.29) is 12.1 Å². The van der Waals surface area contributed by atoms with Crippen molar-refractivity contribution in [3.63, 3.8) is 0 Å². The summed E-state index contributed by atoms with van der Waals surface area (Å²) >= 11 is 6.18. The Kier molecular flexibility index (Phi) is 7.21. The molecule has 1 fully saturated rings. The van der Waals surface area contributed by atoms with E-state index in [2.05, 4.69) is 39.2 Å². The highest BCUT2D eigenvalue weighted by Crippen LogP contribution is 2.27. The molecule has 0 bridgehead atoms. The van der Waals surface area contributed by atoms with E-state index in [9.17, 15) is 4.79 Å². The third-order valence-corrected chi connectivity index (χ3v) is 6.72. The van der Waals surface area contributed by atoms with Crippen LogP contribution >= 0.6 is 11.6 Å². The van der Waals surface area contributed by atoms with E-state index in [0.29, 0.717) is 6.54 Å². The average molecular weight is 450 g/mol. The summed E-state index contributed by atoms with van der Waals surface area (Å²) in [5.74, 6) is 0. The molecule has 2 aromatic carbocycles. The van der Waals surface area contributed by atoms with Crippen LogP contribution in [-0.4, -0.2) is 21.5 Å². The van der Waals surface area contributed by atoms with Crippen LogP contribution in [0.1, 0.15) is 54.5 Å². The van der Waals surface area contributed by atoms with Crippen molar-refractivity contribution >= 4 is 23.3 Å². The van der Waals surface area contributed by atoms with E-state index in [4.69, 9.17) is 11.6 Å². The third-order valence-electron chi connectivity index (χ3n) is 6.49. The predicted molar refractivity (Wildman–Crippen MR) is 132 cm³/mol. The Morgan fingerprint density at radius 1 is 1.03 bits per heavy atom. The van der Waals surface area contributed by atoms with E-state index >= 15 is 0 Å². The average Bonchev–Trinajstić information content (AvgIpc) is 3.21. The zero-order valence-electron chi connectivity index (χ0n) is 19.0. The topological polar surface area (TPSA) is 37.3 Å². The highest BCUT2D eigenvalue weighted by Gasteiger charge is 2.27. The SMILES string of the molecule is Cc1cccc(C)c1NC(=O)N(Cc1cccn1Cc1cccc(Cl)c1)C1CCCCC1. The van der Waals surface area contributed by atoms with Gasteiger partial charge in [-0.2, -0.15) is 0 Å². The number of aromatic nitrogens is 1. The van der Waals surface area contributed by atoms with Crippen LogP contribution in [0.15, 0.2) is 60.8 Å². The van der Waals surface area contributed by atoms with Gasteiger partial charge in [-0.15, -0.1) is 0 Å². The summed E-state index contributed by atoms with van der Waals surface area (Å²) < 4.78 is 2.22. The molecule has 4 nitrogen and oxygen atoms in total. The summed E-state index contributed by atoms with van der Waals surface area (Å²) in [5, 5.41) is 3.97. The number of carbonyl (C=O) groups excluding carboxylic acids is 1. The van der Waals surface area contributed by atoms with Gasteiger partial charge in [0, 0.05) is 35.2 Å². The zero-order valence-corrected chi connectivity index (χ0v) is 19.7. The molecular formula is C27H32ClN3O. The number of nitrogens with one attached hydrogen (secondary N) is 1. The van der Waals surface area contributed by atoms with E-state index < -0.39 is 0 Å². The van der Waals surface area contributed by atoms with Gasteiger partial charge in [0.15, 0.2) is 0 Å². The smallest absolute Gasteiger partial charge is 0.322 e. The molecule has 2 amide bonds. The predicted octanol–water partition coefficient (Wildman–Crippen LogP) is 7.17. The third kappa shape index (κ3) is 5.36. The van der Waals surface area contributed by atoms with Crippen molar-refractivity contribution in [2.75, 3.05) is 5.32 Å². The minimum Gasteiger partial charge on any atom is -0.345 e. The highest BCUT2D eigenvalue weighted by molar-refractivity contribution is 6.30. The number of para-hydroxylation sites is 1. The van der Waals surface area contributed by atoms with Crippen LogP contribution in [0.2, 0.25) is 5.02 Å². The van der Waals surface area contributed by atoms with Gasteiger partial charge in [0.2, 0.25) is 0 Å². The van der Waals surface area contributed by atoms with E-state index in [1.165, 1.54) is 19.3 Å². The van der Waals surface area contributed by atoms with Crippen molar-refractivity contribution in [3.8, 4) is 0 Å². The van der Waals surface area contributed by atoms with Gasteiger partial charge in [0.1, 0.15) is 0 Å². The maximum atomic E-state index is 13.5. The first-order valence-electron chi connectivity index (χ1n) is 11.5. The van der Waals surface area contributed by atoms with Crippen LogP contribution in [-0.2, 0) is 13.1 Å². The van der Waals surface area contributed by atoms with Crippen LogP contribution in [0.3, 0.4) is 0 Å². The molecule has 5 heteroatoms. The van der Waals surface area contributed by atoms with Crippen molar-refractivity contribution < 1.29 is 4.79 Å². The second-order valence-electron chi connectivity index (χ2n) is 8.87. The molecule has 0 saturated heterocycles. The first-order chi connectivity index (χ1) is 15.5. The van der Waals surface area contributed by atoms with Gasteiger partial charge in [-0.25, -0.2) is 4.79 Å². The van der Waals surface area contributed by atoms with Gasteiger partial charge >= 0.3 is 6.03 Å². The van der Waals surface area contributed by atoms with E-state index in [1.807, 2.05) is 50.2 Å². The zero-order chi connectivity index (χ0) is 22.5. The number of anilines is 1. The van der Waals surface area contributed by atoms with Crippen molar-refractivity contribution in [1.82, 2.24) is 9.47 Å². The fraction of sp³-hybridized carbons (Fsp3) is 0.370. The summed E-state index contributed by atoms with van der Waals surface area (Å²) in [6, 6.07) is 18.5. The Bertz CT molecular complexity index is 1050. The molecule has 1 aliphatic carbocycles. The normalized spacial score (nSPS) is 14.3. The quantitative estimate of drug-likeness (QED) is 0.425. The molecule has 1 aliphatic rings. The summed E-state index contributed by atoms with van der Waals surface area (Å²) in [4.78, 5) is 15.6. The minimum atomic E-state index is -0.00944. The maximum absolute atomic E-state index is 13.5. The van der Waals surface area contributed by atoms with Gasteiger partial charge < -0.3 is 14.8 Å². The number of rotatable bonds is 6. The molecular weight excluding hydrogens is 418 g/mol. The molecule has 0 radical (unpaired) electrons. The lowest BCUT2D eigenvalue weighted by atomic mass is 9.94. The van der Waals surface area contributed by atoms with Crippen LogP contribution in [0.5, 0.6) is 0 Å². The Hall–Kier alpha value is -2.72. The number of hydrogen-bond acceptors (Lipinski definition) is 1. The monoisotopic (exact) mass is 449 g/mol. The number of nitrogens with zero attached hydrogens (tertiary/aromatic N) is 2. The Balaban J connectivity index is 1.57. The fourth-order valence-corrected chi connectivity index (χ4v) is 4.92. The van der Waals surface area contributed by atoms with Gasteiger partial charge in [-0.3, -0.25) is 0 Å². The molecule has 1 heterocycles. The number of benzene rings is 2. The van der Waals surface area contributed by atoms with Gasteiger partial charge in [-0.1, -0.05) is 61.2 Å². The van der Waals surface area contributed by atoms with E-state index in [0.717, 1.165) is 52.5 Å². The lowest BCUT2D eigenvalue weighted by Crippen LogP contribution is -2.44. The van der Waals surface area contributed by atoms with Crippen molar-refractivity contribution in [2.24, 2.45) is 0 Å². The molecule has 1 aromatic heterocycles. The molecule has 3 aromatic rings. The van der Waals surface area contributed by atoms with Crippen molar-refractivity contribution in [1.29, 1.82) is 0 Å². The number of urea groups is 1. The molecule has 4 rings (SSSR count). The number of amides is 2. The largest absolute Gasteiger partial charge is 0.345 e. The summed E-state index contributed by atoms with van der Waals surface area (Å²) in [6.07, 6.45) is 7.83. The van der Waals surface area contributed by atoms with Gasteiger partial charge in [0.05, 0.1) is 6.54 Å². The van der Waals surface area contributed by atoms with Crippen molar-refractivity contribution in [3.05, 3.63) is 88.2 Å². The molecule has 0 aliphatic heterocycles. The molecule has 168 valence electrons. The first-order valence-corrected chi connectivity index (χ1v) is 11.9. The number of halogens is 1. The van der Waals surface area contributed by atoms with E-state index in [1.54, 1.807) is 0 Å². The Morgan fingerprint density at radius 3 is 2.47 bits per heavy atom. The fourth-order valence-electron chi connectivity index (χ4n) is 4.70. The Morgan fingerprint density at radius 2 is 1.75 bits per heavy atom. The molecule has 32 heavy (non-hydrogen) atoms. The van der Waals surface area contributed by atoms with Gasteiger partial charge in [0.25, 0.3) is 0 Å². The molecule has 0 spiro atoms. The molecule has 1 N–H and O–H groups in total. The molecule has 0 atom stereocenters. The van der Waals surface area contributed by atoms with Crippen LogP contribution in [0.25, 0.3) is 0 Å². The second kappa shape index (κ2) is 10.3. The van der Waals surface area contributed by atoms with Gasteiger partial charge in [-0.05, 0) is 67.6 Å². The molecule has 1 saturated carbocycles. The summed E-state index contributed by atoms with van der Waals surface area (Å²) in [7, 11) is 0. The highest BCUT2D eigenvalue weighted by atomic mass is 35.5. The standard InChI is InChI=1S/C27H32ClN3O/c1-20-9-6-10-21(2)26(20)29-27(32)31(24-13-4-3-5-14-24)19-25-15-8-16-30(25)18-22-11-7-12-23(28)17-22/h6-12,15-17,24H,3-5,13-14,18-19H2,1-2H3,(H,29,32). The Labute approximate surface area is 196 Å². The van der Waals surface area contributed by atoms with Crippen LogP contribution < -0.4 is 5.32 Å². The summed E-state index contributed by atoms with van der Waals surface area (Å²) in [5.41, 5.74) is 5.39. The number of carbonyl (C=O) groups is 1. The lowest BCUT2D eigenvalue weighted by Gasteiger charge is -2.35. The summed E-state index contributed by atoms with van der Waals surface area (Å²) in [6.45, 7) is 5.42. The number of aryl methyl sites for hydroxylation is 2. The molecule has 0 unspecified atom stereocenters. The lowest BCUT2D eigenvalue weighted by molar-refractivity contribution is 0.161. The minimum absolute atomic E-state index is 0.00944. The maximum Gasteiger partial charge on any atom is 0.322 e. The van der Waals surface area contributed by atoms with Crippen molar-refractivity contribution in [2.45, 2.75) is 65.1 Å².